The van der Waals surface area contributed by atoms with E-state index in [1.807, 2.05) is 6.07 Å². The topological polar surface area (TPSA) is 80.9 Å². The number of hydrogen-bond donors (Lipinski definition) is 1. The fourth-order valence-corrected chi connectivity index (χ4v) is 2.86. The van der Waals surface area contributed by atoms with Crippen LogP contribution in [0.1, 0.15) is 17.5 Å². The van der Waals surface area contributed by atoms with Crippen molar-refractivity contribution in [3.63, 3.8) is 0 Å². The molecule has 1 heterocycles. The summed E-state index contributed by atoms with van der Waals surface area (Å²) in [5.41, 5.74) is 3.61. The van der Waals surface area contributed by atoms with E-state index in [0.29, 0.717) is 5.16 Å². The number of tetrazole rings is 1. The molecule has 0 amide bonds. The lowest BCUT2D eigenvalue weighted by atomic mass is 10.1. The zero-order valence-corrected chi connectivity index (χ0v) is 10.9. The highest BCUT2D eigenvalue weighted by Crippen LogP contribution is 2.25. The zero-order chi connectivity index (χ0) is 13.2. The lowest BCUT2D eigenvalue weighted by Crippen LogP contribution is -2.03. The molecule has 0 saturated heterocycles. The second kappa shape index (κ2) is 5.00. The van der Waals surface area contributed by atoms with Gasteiger partial charge >= 0.3 is 5.97 Å². The van der Waals surface area contributed by atoms with Crippen LogP contribution < -0.4 is 0 Å². The van der Waals surface area contributed by atoms with Gasteiger partial charge in [0.2, 0.25) is 5.16 Å². The van der Waals surface area contributed by atoms with Crippen LogP contribution in [0.25, 0.3) is 5.69 Å². The fraction of sp³-hybridized carbons (Fsp3) is 0.333. The molecule has 3 rings (SSSR count). The molecule has 7 heteroatoms. The Kier molecular flexibility index (Phi) is 3.20. The van der Waals surface area contributed by atoms with E-state index in [1.54, 1.807) is 4.68 Å². The lowest BCUT2D eigenvalue weighted by Gasteiger charge is -2.06. The summed E-state index contributed by atoms with van der Waals surface area (Å²) in [6.45, 7) is 0. The van der Waals surface area contributed by atoms with E-state index >= 15 is 0 Å². The molecule has 2 aromatic rings. The van der Waals surface area contributed by atoms with Gasteiger partial charge < -0.3 is 5.11 Å². The number of carboxylic acids is 1. The third kappa shape index (κ3) is 2.46. The average Bonchev–Trinajstić information content (AvgIpc) is 3.04. The van der Waals surface area contributed by atoms with Crippen molar-refractivity contribution in [3.05, 3.63) is 29.3 Å². The predicted octanol–water partition coefficient (Wildman–Crippen LogP) is 1.33. The summed E-state index contributed by atoms with van der Waals surface area (Å²) in [6.07, 6.45) is 3.41. The normalized spacial score (nSPS) is 13.5. The molecular formula is C12H12N4O2S. The molecule has 6 nitrogen and oxygen atoms in total. The number of nitrogens with zero attached hydrogens (tertiary/aromatic N) is 4. The number of hydrogen-bond acceptors (Lipinski definition) is 5. The maximum atomic E-state index is 10.6. The van der Waals surface area contributed by atoms with Gasteiger partial charge in [0.15, 0.2) is 0 Å². The van der Waals surface area contributed by atoms with Crippen molar-refractivity contribution in [3.8, 4) is 5.69 Å². The van der Waals surface area contributed by atoms with Crippen molar-refractivity contribution in [1.82, 2.24) is 20.2 Å². The van der Waals surface area contributed by atoms with Crippen molar-refractivity contribution in [2.45, 2.75) is 24.4 Å². The van der Waals surface area contributed by atoms with E-state index in [2.05, 4.69) is 27.7 Å². The molecule has 1 aromatic heterocycles. The molecule has 1 N–H and O–H groups in total. The van der Waals surface area contributed by atoms with Crippen LogP contribution >= 0.6 is 11.8 Å². The van der Waals surface area contributed by atoms with Crippen molar-refractivity contribution < 1.29 is 9.90 Å². The van der Waals surface area contributed by atoms with Crippen LogP contribution in [0, 0.1) is 0 Å². The number of carbonyl (C=O) groups is 1. The highest BCUT2D eigenvalue weighted by Gasteiger charge is 2.15. The fourth-order valence-electron chi connectivity index (χ4n) is 2.25. The minimum atomic E-state index is -0.881. The van der Waals surface area contributed by atoms with Crippen molar-refractivity contribution in [1.29, 1.82) is 0 Å². The maximum absolute atomic E-state index is 10.6. The Hall–Kier alpha value is -1.89. The zero-order valence-electron chi connectivity index (χ0n) is 10.1. The van der Waals surface area contributed by atoms with Gasteiger partial charge in [-0.15, -0.1) is 5.10 Å². The number of carboxylic acid groups (broad SMARTS) is 1. The third-order valence-corrected chi connectivity index (χ3v) is 4.00. The second-order valence-corrected chi connectivity index (χ2v) is 5.30. The van der Waals surface area contributed by atoms with Gasteiger partial charge in [0, 0.05) is 0 Å². The van der Waals surface area contributed by atoms with E-state index in [9.17, 15) is 4.79 Å². The standard InChI is InChI=1S/C12H12N4O2S/c17-11(18)7-19-12-13-14-15-16(12)10-5-4-8-2-1-3-9(8)6-10/h4-6H,1-3,7H2,(H,17,18). The molecule has 0 fully saturated rings. The molecule has 1 aliphatic rings. The summed E-state index contributed by atoms with van der Waals surface area (Å²) in [5.74, 6) is -0.931. The van der Waals surface area contributed by atoms with E-state index in [1.165, 1.54) is 17.5 Å². The molecular weight excluding hydrogens is 264 g/mol. The van der Waals surface area contributed by atoms with Crippen molar-refractivity contribution in [2.75, 3.05) is 5.75 Å². The summed E-state index contributed by atoms with van der Waals surface area (Å²) >= 11 is 1.12. The first-order valence-corrected chi connectivity index (χ1v) is 6.98. The van der Waals surface area contributed by atoms with Crippen molar-refractivity contribution >= 4 is 17.7 Å². The Morgan fingerprint density at radius 2 is 2.21 bits per heavy atom. The van der Waals surface area contributed by atoms with Gasteiger partial charge in [0.25, 0.3) is 0 Å². The molecule has 0 radical (unpaired) electrons. The van der Waals surface area contributed by atoms with Crippen LogP contribution in [0.4, 0.5) is 0 Å². The smallest absolute Gasteiger partial charge is 0.313 e. The quantitative estimate of drug-likeness (QED) is 0.848. The molecule has 0 saturated carbocycles. The van der Waals surface area contributed by atoms with E-state index < -0.39 is 5.97 Å². The molecule has 0 bridgehead atoms. The Labute approximate surface area is 113 Å². The van der Waals surface area contributed by atoms with Gasteiger partial charge in [-0.05, 0) is 52.9 Å². The van der Waals surface area contributed by atoms with E-state index in [4.69, 9.17) is 5.11 Å². The van der Waals surface area contributed by atoms with E-state index in [-0.39, 0.29) is 5.75 Å². The van der Waals surface area contributed by atoms with Crippen LogP contribution in [0.15, 0.2) is 23.4 Å². The predicted molar refractivity (Wildman–Crippen MR) is 69.5 cm³/mol. The summed E-state index contributed by atoms with van der Waals surface area (Å²) in [7, 11) is 0. The molecule has 1 aliphatic carbocycles. The Bertz CT molecular complexity index is 626. The average molecular weight is 276 g/mol. The number of rotatable bonds is 4. The van der Waals surface area contributed by atoms with Crippen LogP contribution in [0.5, 0.6) is 0 Å². The lowest BCUT2D eigenvalue weighted by molar-refractivity contribution is -0.133. The Morgan fingerprint density at radius 3 is 3.05 bits per heavy atom. The van der Waals surface area contributed by atoms with Gasteiger partial charge in [-0.2, -0.15) is 4.68 Å². The summed E-state index contributed by atoms with van der Waals surface area (Å²) in [4.78, 5) is 10.6. The molecule has 19 heavy (non-hydrogen) atoms. The van der Waals surface area contributed by atoms with Crippen LogP contribution in [-0.4, -0.2) is 37.0 Å². The number of aryl methyl sites for hydroxylation is 2. The molecule has 0 aliphatic heterocycles. The number of fused-ring (bicyclic) bond motifs is 1. The number of aliphatic carboxylic acids is 1. The second-order valence-electron chi connectivity index (χ2n) is 4.36. The monoisotopic (exact) mass is 276 g/mol. The third-order valence-electron chi connectivity index (χ3n) is 3.09. The van der Waals surface area contributed by atoms with Crippen LogP contribution in [-0.2, 0) is 17.6 Å². The molecule has 0 spiro atoms. The maximum Gasteiger partial charge on any atom is 0.313 e. The minimum absolute atomic E-state index is 0.0503. The summed E-state index contributed by atoms with van der Waals surface area (Å²) in [5, 5.41) is 20.6. The number of thioether (sulfide) groups is 1. The van der Waals surface area contributed by atoms with Gasteiger partial charge in [-0.3, -0.25) is 4.79 Å². The molecule has 98 valence electrons. The molecule has 1 aromatic carbocycles. The first-order chi connectivity index (χ1) is 9.24. The highest BCUT2D eigenvalue weighted by atomic mass is 32.2. The molecule has 0 atom stereocenters. The SMILES string of the molecule is O=C(O)CSc1nnnn1-c1ccc2c(c1)CCC2. The van der Waals surface area contributed by atoms with Gasteiger partial charge in [-0.25, -0.2) is 0 Å². The number of benzene rings is 1. The minimum Gasteiger partial charge on any atom is -0.481 e. The summed E-state index contributed by atoms with van der Waals surface area (Å²) < 4.78 is 1.59. The van der Waals surface area contributed by atoms with Crippen LogP contribution in [0.3, 0.4) is 0 Å². The molecule has 0 unspecified atom stereocenters. The Morgan fingerprint density at radius 1 is 1.37 bits per heavy atom. The number of aromatic nitrogens is 4. The highest BCUT2D eigenvalue weighted by molar-refractivity contribution is 7.99. The summed E-state index contributed by atoms with van der Waals surface area (Å²) in [6, 6.07) is 6.17. The van der Waals surface area contributed by atoms with Gasteiger partial charge in [0.05, 0.1) is 11.4 Å². The van der Waals surface area contributed by atoms with Crippen LogP contribution in [0.2, 0.25) is 0 Å². The van der Waals surface area contributed by atoms with Gasteiger partial charge in [0.1, 0.15) is 0 Å². The largest absolute Gasteiger partial charge is 0.481 e. The first kappa shape index (κ1) is 12.2. The van der Waals surface area contributed by atoms with E-state index in [0.717, 1.165) is 30.3 Å². The first-order valence-electron chi connectivity index (χ1n) is 5.99. The Balaban J connectivity index is 1.90. The van der Waals surface area contributed by atoms with Crippen molar-refractivity contribution in [2.24, 2.45) is 0 Å². The van der Waals surface area contributed by atoms with Gasteiger partial charge in [-0.1, -0.05) is 17.8 Å².